The molecule has 0 heterocycles. The third-order valence-electron chi connectivity index (χ3n) is 5.73. The van der Waals surface area contributed by atoms with Crippen molar-refractivity contribution in [3.63, 3.8) is 0 Å². The summed E-state index contributed by atoms with van der Waals surface area (Å²) >= 11 is 0. The van der Waals surface area contributed by atoms with E-state index in [4.69, 9.17) is 18.9 Å². The third kappa shape index (κ3) is 9.69. The fourth-order valence-corrected chi connectivity index (χ4v) is 3.66. The van der Waals surface area contributed by atoms with Crippen LogP contribution in [0.15, 0.2) is 78.9 Å². The standard InChI is InChI=1S/C30H36N2O6/c1-3-4-5-12-19-36-26-18-17-25(20-27(26)35-2)28(31-29(33)37-21-23-13-8-6-9-14-23)32-30(34)38-22-24-15-10-7-11-16-24/h6-11,13-18,20,28H,3-5,12,19,21-22H2,1-2H3,(H,31,33)(H,32,34). The summed E-state index contributed by atoms with van der Waals surface area (Å²) in [5.74, 6) is 1.08. The first-order valence-corrected chi connectivity index (χ1v) is 12.8. The molecule has 38 heavy (non-hydrogen) atoms. The Morgan fingerprint density at radius 2 is 1.32 bits per heavy atom. The number of alkyl carbamates (subject to hydrolysis) is 2. The molecule has 2 N–H and O–H groups in total. The molecule has 0 radical (unpaired) electrons. The van der Waals surface area contributed by atoms with E-state index in [1.54, 1.807) is 25.3 Å². The van der Waals surface area contributed by atoms with Crippen LogP contribution < -0.4 is 20.1 Å². The fraction of sp³-hybridized carbons (Fsp3) is 0.333. The van der Waals surface area contributed by atoms with E-state index in [1.165, 1.54) is 6.42 Å². The van der Waals surface area contributed by atoms with Crippen LogP contribution in [0.1, 0.15) is 55.5 Å². The van der Waals surface area contributed by atoms with E-state index >= 15 is 0 Å². The number of hydrogen-bond donors (Lipinski definition) is 2. The van der Waals surface area contributed by atoms with Crippen LogP contribution in [0, 0.1) is 0 Å². The molecule has 3 aromatic carbocycles. The highest BCUT2D eigenvalue weighted by atomic mass is 16.6. The molecule has 0 aromatic heterocycles. The van der Waals surface area contributed by atoms with Gasteiger partial charge >= 0.3 is 12.2 Å². The Morgan fingerprint density at radius 3 is 1.84 bits per heavy atom. The molecule has 0 saturated heterocycles. The van der Waals surface area contributed by atoms with Crippen LogP contribution in [0.25, 0.3) is 0 Å². The second-order valence-corrected chi connectivity index (χ2v) is 8.66. The van der Waals surface area contributed by atoms with Crippen LogP contribution in [0.4, 0.5) is 9.59 Å². The van der Waals surface area contributed by atoms with Crippen molar-refractivity contribution in [3.8, 4) is 11.5 Å². The molecule has 0 fully saturated rings. The van der Waals surface area contributed by atoms with E-state index in [-0.39, 0.29) is 13.2 Å². The van der Waals surface area contributed by atoms with Gasteiger partial charge in [-0.3, -0.25) is 10.6 Å². The van der Waals surface area contributed by atoms with Crippen molar-refractivity contribution in [2.24, 2.45) is 0 Å². The molecule has 2 amide bonds. The molecule has 3 aromatic rings. The Kier molecular flexibility index (Phi) is 11.8. The third-order valence-corrected chi connectivity index (χ3v) is 5.73. The number of nitrogens with one attached hydrogen (secondary N) is 2. The van der Waals surface area contributed by atoms with Crippen molar-refractivity contribution >= 4 is 12.2 Å². The highest BCUT2D eigenvalue weighted by Crippen LogP contribution is 2.30. The Bertz CT molecular complexity index is 1070. The van der Waals surface area contributed by atoms with Crippen LogP contribution in [0.3, 0.4) is 0 Å². The maximum absolute atomic E-state index is 12.6. The monoisotopic (exact) mass is 520 g/mol. The number of methoxy groups -OCH3 is 1. The molecule has 8 nitrogen and oxygen atoms in total. The summed E-state index contributed by atoms with van der Waals surface area (Å²) in [5.41, 5.74) is 2.25. The molecule has 0 unspecified atom stereocenters. The van der Waals surface area contributed by atoms with E-state index in [9.17, 15) is 9.59 Å². The summed E-state index contributed by atoms with van der Waals surface area (Å²) in [5, 5.41) is 5.40. The lowest BCUT2D eigenvalue weighted by atomic mass is 10.1. The number of benzene rings is 3. The summed E-state index contributed by atoms with van der Waals surface area (Å²) in [4.78, 5) is 25.3. The van der Waals surface area contributed by atoms with E-state index < -0.39 is 18.4 Å². The minimum absolute atomic E-state index is 0.0893. The zero-order chi connectivity index (χ0) is 27.0. The Morgan fingerprint density at radius 1 is 0.737 bits per heavy atom. The van der Waals surface area contributed by atoms with Gasteiger partial charge in [-0.15, -0.1) is 0 Å². The number of carbonyl (C=O) groups excluding carboxylic acids is 2. The second kappa shape index (κ2) is 15.8. The van der Waals surface area contributed by atoms with Gasteiger partial charge in [0.1, 0.15) is 19.4 Å². The Balaban J connectivity index is 1.68. The van der Waals surface area contributed by atoms with Crippen LogP contribution >= 0.6 is 0 Å². The first kappa shape index (κ1) is 28.4. The maximum Gasteiger partial charge on any atom is 0.409 e. The molecule has 8 heteroatoms. The van der Waals surface area contributed by atoms with Crippen molar-refractivity contribution in [2.75, 3.05) is 13.7 Å². The molecule has 0 saturated carbocycles. The van der Waals surface area contributed by atoms with Gasteiger partial charge in [0, 0.05) is 0 Å². The van der Waals surface area contributed by atoms with Gasteiger partial charge in [0.15, 0.2) is 11.5 Å². The van der Waals surface area contributed by atoms with Gasteiger partial charge in [-0.05, 0) is 35.2 Å². The van der Waals surface area contributed by atoms with Gasteiger partial charge in [-0.25, -0.2) is 9.59 Å². The average molecular weight is 521 g/mol. The molecule has 0 atom stereocenters. The second-order valence-electron chi connectivity index (χ2n) is 8.66. The van der Waals surface area contributed by atoms with Gasteiger partial charge in [-0.2, -0.15) is 0 Å². The molecular weight excluding hydrogens is 484 g/mol. The number of carbonyl (C=O) groups is 2. The van der Waals surface area contributed by atoms with Gasteiger partial charge < -0.3 is 18.9 Å². The lowest BCUT2D eigenvalue weighted by Gasteiger charge is -2.21. The summed E-state index contributed by atoms with van der Waals surface area (Å²) in [6, 6.07) is 23.9. The molecule has 0 aliphatic heterocycles. The first-order valence-electron chi connectivity index (χ1n) is 12.8. The van der Waals surface area contributed by atoms with Crippen LogP contribution in [0.5, 0.6) is 11.5 Å². The normalized spacial score (nSPS) is 10.5. The molecule has 3 rings (SSSR count). The molecule has 202 valence electrons. The quantitative estimate of drug-likeness (QED) is 0.186. The molecule has 0 aliphatic carbocycles. The molecule has 0 spiro atoms. The molecular formula is C30H36N2O6. The average Bonchev–Trinajstić information content (AvgIpc) is 2.95. The summed E-state index contributed by atoms with van der Waals surface area (Å²) in [7, 11) is 1.54. The van der Waals surface area contributed by atoms with Crippen molar-refractivity contribution < 1.29 is 28.5 Å². The van der Waals surface area contributed by atoms with Gasteiger partial charge in [0.25, 0.3) is 0 Å². The molecule has 0 bridgehead atoms. The van der Waals surface area contributed by atoms with Gasteiger partial charge in [-0.1, -0.05) is 92.9 Å². The van der Waals surface area contributed by atoms with E-state index in [1.807, 2.05) is 60.7 Å². The highest BCUT2D eigenvalue weighted by Gasteiger charge is 2.21. The number of rotatable bonds is 14. The Labute approximate surface area is 224 Å². The number of hydrogen-bond acceptors (Lipinski definition) is 6. The molecule has 0 aliphatic rings. The van der Waals surface area contributed by atoms with Gasteiger partial charge in [0.2, 0.25) is 0 Å². The lowest BCUT2D eigenvalue weighted by Crippen LogP contribution is -2.41. The van der Waals surface area contributed by atoms with E-state index in [0.717, 1.165) is 30.4 Å². The minimum Gasteiger partial charge on any atom is -0.493 e. The smallest absolute Gasteiger partial charge is 0.409 e. The van der Waals surface area contributed by atoms with Crippen molar-refractivity contribution in [1.29, 1.82) is 0 Å². The van der Waals surface area contributed by atoms with Crippen LogP contribution in [-0.4, -0.2) is 25.9 Å². The predicted octanol–water partition coefficient (Wildman–Crippen LogP) is 6.51. The maximum atomic E-state index is 12.6. The van der Waals surface area contributed by atoms with Crippen molar-refractivity contribution in [1.82, 2.24) is 10.6 Å². The summed E-state index contributed by atoms with van der Waals surface area (Å²) < 4.78 is 22.1. The number of unbranched alkanes of at least 4 members (excludes halogenated alkanes) is 3. The van der Waals surface area contributed by atoms with Crippen LogP contribution in [0.2, 0.25) is 0 Å². The number of amides is 2. The fourth-order valence-electron chi connectivity index (χ4n) is 3.66. The van der Waals surface area contributed by atoms with E-state index in [2.05, 4.69) is 17.6 Å². The van der Waals surface area contributed by atoms with Crippen molar-refractivity contribution in [2.45, 2.75) is 52.0 Å². The van der Waals surface area contributed by atoms with E-state index in [0.29, 0.717) is 23.7 Å². The zero-order valence-electron chi connectivity index (χ0n) is 22.0. The number of ether oxygens (including phenoxy) is 4. The predicted molar refractivity (Wildman–Crippen MR) is 145 cm³/mol. The minimum atomic E-state index is -0.936. The Hall–Kier alpha value is -4.20. The summed E-state index contributed by atoms with van der Waals surface area (Å²) in [6.45, 7) is 2.92. The lowest BCUT2D eigenvalue weighted by molar-refractivity contribution is 0.122. The zero-order valence-corrected chi connectivity index (χ0v) is 22.0. The largest absolute Gasteiger partial charge is 0.493 e. The SMILES string of the molecule is CCCCCCOc1ccc(C(NC(=O)OCc2ccccc2)NC(=O)OCc2ccccc2)cc1OC. The summed E-state index contributed by atoms with van der Waals surface area (Å²) in [6.07, 6.45) is 2.04. The van der Waals surface area contributed by atoms with Crippen molar-refractivity contribution in [3.05, 3.63) is 95.6 Å². The highest BCUT2D eigenvalue weighted by molar-refractivity contribution is 5.71. The topological polar surface area (TPSA) is 95.1 Å². The first-order chi connectivity index (χ1) is 18.6. The van der Waals surface area contributed by atoms with Gasteiger partial charge in [0.05, 0.1) is 13.7 Å². The van der Waals surface area contributed by atoms with Crippen LogP contribution in [-0.2, 0) is 22.7 Å².